The molecule has 0 aromatic carbocycles. The van der Waals surface area contributed by atoms with Crippen molar-refractivity contribution in [3.05, 3.63) is 23.3 Å². The van der Waals surface area contributed by atoms with Gasteiger partial charge in [0, 0.05) is 12.6 Å². The molecule has 0 bridgehead atoms. The molecule has 0 saturated carbocycles. The predicted octanol–water partition coefficient (Wildman–Crippen LogP) is -0.551. The van der Waals surface area contributed by atoms with Crippen molar-refractivity contribution in [3.8, 4) is 0 Å². The van der Waals surface area contributed by atoms with Crippen LogP contribution in [0, 0.1) is 0 Å². The zero-order valence-electron chi connectivity index (χ0n) is 8.31. The van der Waals surface area contributed by atoms with Crippen LogP contribution in [0.2, 0.25) is 0 Å². The highest BCUT2D eigenvalue weighted by Crippen LogP contribution is 2.17. The van der Waals surface area contributed by atoms with Crippen LogP contribution in [0.25, 0.3) is 0 Å². The minimum absolute atomic E-state index is 0.0441. The third kappa shape index (κ3) is 2.32. The molecule has 2 rings (SSSR count). The number of hydrogen-bond acceptors (Lipinski definition) is 5. The summed E-state index contributed by atoms with van der Waals surface area (Å²) in [5.74, 6) is 0.885. The van der Waals surface area contributed by atoms with Crippen LogP contribution < -0.4 is 5.73 Å². The average Bonchev–Trinajstić information content (AvgIpc) is 2.16. The number of rotatable bonds is 2. The van der Waals surface area contributed by atoms with Gasteiger partial charge in [-0.2, -0.15) is 0 Å². The summed E-state index contributed by atoms with van der Waals surface area (Å²) in [7, 11) is -2.95. The number of hydrogen-bond donors (Lipinski definition) is 1. The van der Waals surface area contributed by atoms with E-state index in [2.05, 4.69) is 9.97 Å². The zero-order valence-corrected chi connectivity index (χ0v) is 9.13. The van der Waals surface area contributed by atoms with E-state index in [0.717, 1.165) is 5.56 Å². The fourth-order valence-corrected chi connectivity index (χ4v) is 2.95. The highest BCUT2D eigenvalue weighted by molar-refractivity contribution is 7.90. The first-order chi connectivity index (χ1) is 7.11. The average molecular weight is 227 g/mol. The Morgan fingerprint density at radius 3 is 3.00 bits per heavy atom. The largest absolute Gasteiger partial charge is 0.330 e. The molecule has 0 atom stereocenters. The smallest absolute Gasteiger partial charge is 0.156 e. The Hall–Kier alpha value is -1.01. The van der Waals surface area contributed by atoms with Crippen molar-refractivity contribution in [2.75, 3.05) is 12.3 Å². The van der Waals surface area contributed by atoms with E-state index in [4.69, 9.17) is 5.73 Å². The second-order valence-corrected chi connectivity index (χ2v) is 5.82. The van der Waals surface area contributed by atoms with Crippen LogP contribution >= 0.6 is 0 Å². The first-order valence-electron chi connectivity index (χ1n) is 4.85. The molecular formula is C9H13N3O2S. The van der Waals surface area contributed by atoms with Gasteiger partial charge in [-0.05, 0) is 18.5 Å². The molecule has 0 radical (unpaired) electrons. The van der Waals surface area contributed by atoms with Gasteiger partial charge in [0.05, 0.1) is 17.2 Å². The van der Waals surface area contributed by atoms with Gasteiger partial charge in [-0.25, -0.2) is 18.4 Å². The quantitative estimate of drug-likeness (QED) is 0.732. The summed E-state index contributed by atoms with van der Waals surface area (Å²) in [4.78, 5) is 8.37. The lowest BCUT2D eigenvalue weighted by molar-refractivity contribution is 0.589. The standard InChI is InChI=1S/C9H13N3O2S/c10-3-1-9-11-5-7-2-4-15(13,14)6-8(7)12-9/h5H,1-4,6,10H2. The van der Waals surface area contributed by atoms with Crippen molar-refractivity contribution in [3.63, 3.8) is 0 Å². The monoisotopic (exact) mass is 227 g/mol. The van der Waals surface area contributed by atoms with Crippen molar-refractivity contribution in [2.45, 2.75) is 18.6 Å². The van der Waals surface area contributed by atoms with E-state index < -0.39 is 9.84 Å². The molecule has 0 saturated heterocycles. The Labute approximate surface area is 88.7 Å². The molecule has 2 heterocycles. The molecule has 0 spiro atoms. The lowest BCUT2D eigenvalue weighted by Gasteiger charge is -2.15. The molecule has 5 nitrogen and oxygen atoms in total. The lowest BCUT2D eigenvalue weighted by Crippen LogP contribution is -2.21. The lowest BCUT2D eigenvalue weighted by atomic mass is 10.2. The molecule has 1 aliphatic rings. The molecule has 1 aromatic rings. The summed E-state index contributed by atoms with van der Waals surface area (Å²) >= 11 is 0. The van der Waals surface area contributed by atoms with Crippen LogP contribution in [0.4, 0.5) is 0 Å². The summed E-state index contributed by atoms with van der Waals surface area (Å²) < 4.78 is 22.8. The molecule has 0 aliphatic carbocycles. The Morgan fingerprint density at radius 1 is 1.47 bits per heavy atom. The summed E-state index contributed by atoms with van der Waals surface area (Å²) in [6, 6.07) is 0. The van der Waals surface area contributed by atoms with Crippen LogP contribution in [0.3, 0.4) is 0 Å². The fraction of sp³-hybridized carbons (Fsp3) is 0.556. The maximum absolute atomic E-state index is 11.4. The molecule has 2 N–H and O–H groups in total. The van der Waals surface area contributed by atoms with E-state index in [9.17, 15) is 8.42 Å². The van der Waals surface area contributed by atoms with Crippen molar-refractivity contribution in [1.82, 2.24) is 9.97 Å². The Morgan fingerprint density at radius 2 is 2.27 bits per heavy atom. The van der Waals surface area contributed by atoms with Crippen LogP contribution in [0.5, 0.6) is 0 Å². The zero-order chi connectivity index (χ0) is 10.9. The molecular weight excluding hydrogens is 214 g/mol. The topological polar surface area (TPSA) is 85.9 Å². The predicted molar refractivity (Wildman–Crippen MR) is 56.0 cm³/mol. The van der Waals surface area contributed by atoms with Gasteiger partial charge < -0.3 is 5.73 Å². The van der Waals surface area contributed by atoms with Crippen LogP contribution in [-0.4, -0.2) is 30.7 Å². The minimum Gasteiger partial charge on any atom is -0.330 e. The molecule has 0 amide bonds. The maximum Gasteiger partial charge on any atom is 0.156 e. The Bertz CT molecular complexity index is 470. The third-order valence-electron chi connectivity index (χ3n) is 2.41. The van der Waals surface area contributed by atoms with E-state index >= 15 is 0 Å². The van der Waals surface area contributed by atoms with E-state index in [1.54, 1.807) is 6.20 Å². The van der Waals surface area contributed by atoms with Gasteiger partial charge in [0.25, 0.3) is 0 Å². The highest BCUT2D eigenvalue weighted by Gasteiger charge is 2.22. The number of aromatic nitrogens is 2. The number of aryl methyl sites for hydroxylation is 1. The molecule has 0 fully saturated rings. The summed E-state index contributed by atoms with van der Waals surface area (Å²) in [6.45, 7) is 0.478. The molecule has 6 heteroatoms. The molecule has 15 heavy (non-hydrogen) atoms. The SMILES string of the molecule is NCCc1ncc2c(n1)CS(=O)(=O)CC2. The van der Waals surface area contributed by atoms with Crippen LogP contribution in [0.15, 0.2) is 6.20 Å². The van der Waals surface area contributed by atoms with E-state index in [-0.39, 0.29) is 11.5 Å². The van der Waals surface area contributed by atoms with Gasteiger partial charge in [-0.15, -0.1) is 0 Å². The fourth-order valence-electron chi connectivity index (χ4n) is 1.61. The van der Waals surface area contributed by atoms with Gasteiger partial charge in [0.2, 0.25) is 0 Å². The summed E-state index contributed by atoms with van der Waals surface area (Å²) in [5.41, 5.74) is 6.99. The van der Waals surface area contributed by atoms with Crippen molar-refractivity contribution in [1.29, 1.82) is 0 Å². The number of fused-ring (bicyclic) bond motifs is 1. The third-order valence-corrected chi connectivity index (χ3v) is 3.95. The van der Waals surface area contributed by atoms with Gasteiger partial charge in [0.15, 0.2) is 9.84 Å². The van der Waals surface area contributed by atoms with Crippen molar-refractivity contribution in [2.24, 2.45) is 5.73 Å². The van der Waals surface area contributed by atoms with Gasteiger partial charge >= 0.3 is 0 Å². The highest BCUT2D eigenvalue weighted by atomic mass is 32.2. The summed E-state index contributed by atoms with van der Waals surface area (Å²) in [5, 5.41) is 0. The van der Waals surface area contributed by atoms with Crippen LogP contribution in [0.1, 0.15) is 17.1 Å². The number of sulfone groups is 1. The second kappa shape index (κ2) is 3.86. The van der Waals surface area contributed by atoms with E-state index in [0.29, 0.717) is 30.9 Å². The molecule has 0 unspecified atom stereocenters. The number of nitrogens with two attached hydrogens (primary N) is 1. The molecule has 82 valence electrons. The van der Waals surface area contributed by atoms with Crippen molar-refractivity contribution >= 4 is 9.84 Å². The van der Waals surface area contributed by atoms with E-state index in [1.807, 2.05) is 0 Å². The van der Waals surface area contributed by atoms with Gasteiger partial charge in [-0.3, -0.25) is 0 Å². The van der Waals surface area contributed by atoms with Gasteiger partial charge in [0.1, 0.15) is 5.82 Å². The van der Waals surface area contributed by atoms with Crippen LogP contribution in [-0.2, 0) is 28.4 Å². The second-order valence-electron chi connectivity index (χ2n) is 3.64. The van der Waals surface area contributed by atoms with Crippen molar-refractivity contribution < 1.29 is 8.42 Å². The Balaban J connectivity index is 2.35. The first kappa shape index (κ1) is 10.5. The Kier molecular flexibility index (Phi) is 2.70. The van der Waals surface area contributed by atoms with Gasteiger partial charge in [-0.1, -0.05) is 0 Å². The number of nitrogens with zero attached hydrogens (tertiary/aromatic N) is 2. The summed E-state index contributed by atoms with van der Waals surface area (Å²) in [6.07, 6.45) is 2.84. The molecule has 1 aromatic heterocycles. The first-order valence-corrected chi connectivity index (χ1v) is 6.67. The maximum atomic E-state index is 11.4. The van der Waals surface area contributed by atoms with E-state index in [1.165, 1.54) is 0 Å². The minimum atomic E-state index is -2.95. The normalized spacial score (nSPS) is 18.5. The molecule has 1 aliphatic heterocycles.